The molecule has 98 valence electrons. The first-order valence-electron chi connectivity index (χ1n) is 5.60. The maximum atomic E-state index is 13.6. The van der Waals surface area contributed by atoms with Crippen molar-refractivity contribution in [2.24, 2.45) is 0 Å². The van der Waals surface area contributed by atoms with E-state index in [9.17, 15) is 13.6 Å². The molecule has 3 N–H and O–H groups in total. The van der Waals surface area contributed by atoms with Crippen molar-refractivity contribution in [3.05, 3.63) is 59.2 Å². The van der Waals surface area contributed by atoms with Gasteiger partial charge in [-0.2, -0.15) is 0 Å². The summed E-state index contributed by atoms with van der Waals surface area (Å²) in [4.78, 5) is 11.9. The van der Waals surface area contributed by atoms with E-state index in [1.807, 2.05) is 0 Å². The van der Waals surface area contributed by atoms with Gasteiger partial charge in [0.25, 0.3) is 5.91 Å². The maximum absolute atomic E-state index is 13.6. The van der Waals surface area contributed by atoms with Crippen molar-refractivity contribution in [3.63, 3.8) is 0 Å². The number of hydrogen-bond acceptors (Lipinski definition) is 2. The van der Waals surface area contributed by atoms with Crippen molar-refractivity contribution in [2.75, 3.05) is 11.1 Å². The zero-order valence-corrected chi connectivity index (χ0v) is 10.2. The zero-order valence-electron chi connectivity index (χ0n) is 10.2. The minimum atomic E-state index is -0.716. The van der Waals surface area contributed by atoms with Crippen LogP contribution in [0.25, 0.3) is 0 Å². The molecule has 0 saturated heterocycles. The number of nitrogens with two attached hydrogens (primary N) is 1. The van der Waals surface area contributed by atoms with Crippen molar-refractivity contribution in [1.82, 2.24) is 0 Å². The molecule has 3 nitrogen and oxygen atoms in total. The Hall–Kier alpha value is -2.43. The summed E-state index contributed by atoms with van der Waals surface area (Å²) < 4.78 is 26.9. The van der Waals surface area contributed by atoms with Gasteiger partial charge in [-0.05, 0) is 37.3 Å². The molecule has 0 aliphatic carbocycles. The van der Waals surface area contributed by atoms with Crippen molar-refractivity contribution in [3.8, 4) is 0 Å². The molecule has 0 aliphatic heterocycles. The van der Waals surface area contributed by atoms with Gasteiger partial charge in [-0.1, -0.05) is 6.07 Å². The second kappa shape index (κ2) is 5.06. The lowest BCUT2D eigenvalue weighted by Crippen LogP contribution is -2.15. The number of benzene rings is 2. The van der Waals surface area contributed by atoms with Crippen LogP contribution in [0.4, 0.5) is 20.2 Å². The van der Waals surface area contributed by atoms with Gasteiger partial charge in [-0.25, -0.2) is 8.78 Å². The fraction of sp³-hybridized carbons (Fsp3) is 0.0714. The molecule has 1 amide bonds. The van der Waals surface area contributed by atoms with E-state index in [4.69, 9.17) is 5.73 Å². The number of amides is 1. The van der Waals surface area contributed by atoms with E-state index < -0.39 is 17.5 Å². The maximum Gasteiger partial charge on any atom is 0.258 e. The lowest BCUT2D eigenvalue weighted by atomic mass is 10.1. The molecule has 0 spiro atoms. The average Bonchev–Trinajstić information content (AvgIpc) is 2.34. The highest BCUT2D eigenvalue weighted by molar-refractivity contribution is 6.05. The van der Waals surface area contributed by atoms with Gasteiger partial charge in [-0.3, -0.25) is 4.79 Å². The Morgan fingerprint density at radius 2 is 1.89 bits per heavy atom. The van der Waals surface area contributed by atoms with E-state index >= 15 is 0 Å². The van der Waals surface area contributed by atoms with Crippen molar-refractivity contribution in [2.45, 2.75) is 6.92 Å². The van der Waals surface area contributed by atoms with Crippen LogP contribution in [0, 0.1) is 18.6 Å². The molecule has 0 unspecified atom stereocenters. The van der Waals surface area contributed by atoms with Crippen molar-refractivity contribution < 1.29 is 13.6 Å². The van der Waals surface area contributed by atoms with E-state index in [0.717, 1.165) is 6.07 Å². The van der Waals surface area contributed by atoms with Crippen LogP contribution in [0.3, 0.4) is 0 Å². The zero-order chi connectivity index (χ0) is 14.0. The Kier molecular flexibility index (Phi) is 3.46. The predicted molar refractivity (Wildman–Crippen MR) is 69.9 cm³/mol. The summed E-state index contributed by atoms with van der Waals surface area (Å²) in [5, 5.41) is 2.47. The fourth-order valence-electron chi connectivity index (χ4n) is 1.65. The monoisotopic (exact) mass is 262 g/mol. The highest BCUT2D eigenvalue weighted by Gasteiger charge is 2.13. The number of carbonyl (C=O) groups is 1. The number of rotatable bonds is 2. The van der Waals surface area contributed by atoms with Crippen LogP contribution in [-0.2, 0) is 0 Å². The first-order chi connectivity index (χ1) is 8.99. The van der Waals surface area contributed by atoms with Crippen LogP contribution >= 0.6 is 0 Å². The molecule has 0 bridgehead atoms. The molecule has 0 aliphatic rings. The van der Waals surface area contributed by atoms with E-state index in [1.54, 1.807) is 6.07 Å². The third kappa shape index (κ3) is 2.70. The topological polar surface area (TPSA) is 55.1 Å². The second-order valence-electron chi connectivity index (χ2n) is 4.11. The van der Waals surface area contributed by atoms with Crippen LogP contribution in [0.1, 0.15) is 15.9 Å². The Labute approximate surface area is 109 Å². The summed E-state index contributed by atoms with van der Waals surface area (Å²) in [6.07, 6.45) is 0. The summed E-state index contributed by atoms with van der Waals surface area (Å²) in [6.45, 7) is 1.53. The van der Waals surface area contributed by atoms with Gasteiger partial charge in [0.2, 0.25) is 0 Å². The fourth-order valence-corrected chi connectivity index (χ4v) is 1.65. The average molecular weight is 262 g/mol. The van der Waals surface area contributed by atoms with E-state index in [1.165, 1.54) is 31.2 Å². The molecule has 5 heteroatoms. The molecule has 0 fully saturated rings. The molecular formula is C14H12F2N2O. The van der Waals surface area contributed by atoms with E-state index in [2.05, 4.69) is 5.32 Å². The Morgan fingerprint density at radius 3 is 2.58 bits per heavy atom. The van der Waals surface area contributed by atoms with Crippen molar-refractivity contribution in [1.29, 1.82) is 0 Å². The van der Waals surface area contributed by atoms with Gasteiger partial charge in [-0.15, -0.1) is 0 Å². The summed E-state index contributed by atoms with van der Waals surface area (Å²) >= 11 is 0. The summed E-state index contributed by atoms with van der Waals surface area (Å²) in [5.41, 5.74) is 6.10. The first kappa shape index (κ1) is 13.0. The largest absolute Gasteiger partial charge is 0.399 e. The molecule has 0 saturated carbocycles. The smallest absolute Gasteiger partial charge is 0.258 e. The van der Waals surface area contributed by atoms with Crippen LogP contribution in [0.5, 0.6) is 0 Å². The minimum absolute atomic E-state index is 0.141. The van der Waals surface area contributed by atoms with Crippen molar-refractivity contribution >= 4 is 17.3 Å². The SMILES string of the molecule is Cc1c(F)cccc1NC(=O)c1ccc(N)cc1F. The van der Waals surface area contributed by atoms with E-state index in [-0.39, 0.29) is 11.3 Å². The molecule has 2 aromatic carbocycles. The lowest BCUT2D eigenvalue weighted by molar-refractivity contribution is 0.102. The summed E-state index contributed by atoms with van der Waals surface area (Å²) in [5.74, 6) is -1.80. The predicted octanol–water partition coefficient (Wildman–Crippen LogP) is 3.11. The lowest BCUT2D eigenvalue weighted by Gasteiger charge is -2.09. The van der Waals surface area contributed by atoms with Gasteiger partial charge < -0.3 is 11.1 Å². The van der Waals surface area contributed by atoms with Crippen LogP contribution in [0.2, 0.25) is 0 Å². The number of anilines is 2. The third-order valence-corrected chi connectivity index (χ3v) is 2.75. The molecule has 0 aromatic heterocycles. The number of nitrogen functional groups attached to an aromatic ring is 1. The van der Waals surface area contributed by atoms with Gasteiger partial charge in [0.1, 0.15) is 11.6 Å². The Morgan fingerprint density at radius 1 is 1.16 bits per heavy atom. The normalized spacial score (nSPS) is 10.3. The number of carbonyl (C=O) groups excluding carboxylic acids is 1. The molecule has 0 atom stereocenters. The quantitative estimate of drug-likeness (QED) is 0.817. The first-order valence-corrected chi connectivity index (χ1v) is 5.60. The third-order valence-electron chi connectivity index (χ3n) is 2.75. The molecule has 2 aromatic rings. The second-order valence-corrected chi connectivity index (χ2v) is 4.11. The number of hydrogen-bond donors (Lipinski definition) is 2. The van der Waals surface area contributed by atoms with Gasteiger partial charge in [0, 0.05) is 16.9 Å². The Balaban J connectivity index is 2.28. The summed E-state index contributed by atoms with van der Waals surface area (Å²) in [7, 11) is 0. The molecular weight excluding hydrogens is 250 g/mol. The highest BCUT2D eigenvalue weighted by atomic mass is 19.1. The minimum Gasteiger partial charge on any atom is -0.399 e. The summed E-state index contributed by atoms with van der Waals surface area (Å²) in [6, 6.07) is 8.08. The molecule has 19 heavy (non-hydrogen) atoms. The van der Waals surface area contributed by atoms with Gasteiger partial charge in [0.05, 0.1) is 5.56 Å². The standard InChI is InChI=1S/C14H12F2N2O/c1-8-11(15)3-2-4-13(8)18-14(19)10-6-5-9(17)7-12(10)16/h2-7H,17H2,1H3,(H,18,19). The van der Waals surface area contributed by atoms with Crippen LogP contribution < -0.4 is 11.1 Å². The van der Waals surface area contributed by atoms with Crippen LogP contribution in [0.15, 0.2) is 36.4 Å². The highest BCUT2D eigenvalue weighted by Crippen LogP contribution is 2.19. The van der Waals surface area contributed by atoms with Crippen LogP contribution in [-0.4, -0.2) is 5.91 Å². The van der Waals surface area contributed by atoms with Gasteiger partial charge in [0.15, 0.2) is 0 Å². The molecule has 0 heterocycles. The van der Waals surface area contributed by atoms with Gasteiger partial charge >= 0.3 is 0 Å². The Bertz CT molecular complexity index is 641. The number of nitrogens with one attached hydrogen (secondary N) is 1. The molecule has 2 rings (SSSR count). The van der Waals surface area contributed by atoms with E-state index in [0.29, 0.717) is 11.3 Å². The molecule has 0 radical (unpaired) electrons. The number of halogens is 2.